The van der Waals surface area contributed by atoms with E-state index in [2.05, 4.69) is 24.0 Å². The number of carbonyl (C=O) groups is 1. The molecule has 1 heterocycles. The molecule has 1 amide bonds. The molecule has 26 heavy (non-hydrogen) atoms. The highest BCUT2D eigenvalue weighted by Crippen LogP contribution is 2.50. The molecule has 0 saturated heterocycles. The van der Waals surface area contributed by atoms with Crippen LogP contribution in [-0.4, -0.2) is 11.9 Å². The minimum Gasteiger partial charge on any atom is -0.457 e. The minimum atomic E-state index is 0.241. The van der Waals surface area contributed by atoms with Gasteiger partial charge in [0.05, 0.1) is 5.69 Å². The van der Waals surface area contributed by atoms with Crippen molar-refractivity contribution in [2.24, 2.45) is 5.92 Å². The Morgan fingerprint density at radius 2 is 1.77 bits per heavy atom. The zero-order valence-electron chi connectivity index (χ0n) is 15.3. The maximum Gasteiger partial charge on any atom is 0.230 e. The third-order valence-electron chi connectivity index (χ3n) is 5.92. The van der Waals surface area contributed by atoms with Crippen LogP contribution in [0, 0.1) is 5.92 Å². The Hall–Kier alpha value is -2.29. The lowest BCUT2D eigenvalue weighted by atomic mass is 9.92. The molecule has 3 aliphatic rings. The number of carbonyl (C=O) groups excluding carboxylic acids is 1. The van der Waals surface area contributed by atoms with E-state index in [-0.39, 0.29) is 12.0 Å². The molecular weight excluding hydrogens is 322 g/mol. The van der Waals surface area contributed by atoms with Crippen LogP contribution in [0.4, 0.5) is 5.69 Å². The highest BCUT2D eigenvalue weighted by atomic mass is 16.5. The zero-order valence-corrected chi connectivity index (χ0v) is 15.3. The number of amides is 1. The van der Waals surface area contributed by atoms with Crippen molar-refractivity contribution in [1.29, 1.82) is 0 Å². The van der Waals surface area contributed by atoms with Crippen molar-refractivity contribution in [1.82, 2.24) is 0 Å². The van der Waals surface area contributed by atoms with Crippen molar-refractivity contribution in [3.8, 4) is 11.5 Å². The summed E-state index contributed by atoms with van der Waals surface area (Å²) in [6.45, 7) is 2.18. The first-order valence-corrected chi connectivity index (χ1v) is 9.94. The fraction of sp³-hybridized carbons (Fsp3) is 0.435. The Balaban J connectivity index is 1.59. The number of fused-ring (bicyclic) bond motifs is 1. The van der Waals surface area contributed by atoms with Crippen molar-refractivity contribution >= 4 is 11.6 Å². The molecule has 0 bridgehead atoms. The van der Waals surface area contributed by atoms with Gasteiger partial charge in [-0.25, -0.2) is 0 Å². The first kappa shape index (κ1) is 15.9. The van der Waals surface area contributed by atoms with Crippen LogP contribution < -0.4 is 9.64 Å². The molecule has 2 aromatic carbocycles. The molecule has 2 fully saturated rings. The van der Waals surface area contributed by atoms with Gasteiger partial charge >= 0.3 is 0 Å². The van der Waals surface area contributed by atoms with Crippen molar-refractivity contribution < 1.29 is 9.53 Å². The van der Waals surface area contributed by atoms with Gasteiger partial charge in [0.1, 0.15) is 11.5 Å². The van der Waals surface area contributed by atoms with Gasteiger partial charge in [-0.2, -0.15) is 0 Å². The largest absolute Gasteiger partial charge is 0.457 e. The van der Waals surface area contributed by atoms with Crippen molar-refractivity contribution in [3.63, 3.8) is 0 Å². The fourth-order valence-electron chi connectivity index (χ4n) is 4.13. The predicted octanol–water partition coefficient (Wildman–Crippen LogP) is 5.43. The summed E-state index contributed by atoms with van der Waals surface area (Å²) >= 11 is 0. The van der Waals surface area contributed by atoms with Gasteiger partial charge in [0, 0.05) is 17.5 Å². The Labute approximate surface area is 155 Å². The molecule has 2 aliphatic carbocycles. The molecule has 2 aromatic rings. The molecule has 5 rings (SSSR count). The van der Waals surface area contributed by atoms with Gasteiger partial charge in [-0.05, 0) is 75.1 Å². The lowest BCUT2D eigenvalue weighted by Crippen LogP contribution is -2.43. The number of anilines is 1. The molecule has 134 valence electrons. The van der Waals surface area contributed by atoms with Gasteiger partial charge in [0.15, 0.2) is 0 Å². The quantitative estimate of drug-likeness (QED) is 0.737. The summed E-state index contributed by atoms with van der Waals surface area (Å²) in [7, 11) is 0. The number of hydrogen-bond acceptors (Lipinski definition) is 2. The summed E-state index contributed by atoms with van der Waals surface area (Å²) in [6, 6.07) is 14.7. The highest BCUT2D eigenvalue weighted by molar-refractivity contribution is 5.98. The zero-order chi connectivity index (χ0) is 17.7. The van der Waals surface area contributed by atoms with Gasteiger partial charge < -0.3 is 9.64 Å². The topological polar surface area (TPSA) is 29.5 Å². The van der Waals surface area contributed by atoms with E-state index in [1.54, 1.807) is 0 Å². The van der Waals surface area contributed by atoms with Crippen LogP contribution in [0.3, 0.4) is 0 Å². The molecule has 3 nitrogen and oxygen atoms in total. The number of rotatable bonds is 4. The SMILES string of the molecule is CC1CCc2c(ccc(C3CC3)c2Oc2ccccc2)N1C(=O)C1CC1. The van der Waals surface area contributed by atoms with Crippen LogP contribution in [0.2, 0.25) is 0 Å². The highest BCUT2D eigenvalue weighted by Gasteiger charge is 2.40. The number of para-hydroxylation sites is 1. The standard InChI is InChI=1S/C23H25NO2/c1-15-7-12-20-21(24(15)23(25)17-10-11-17)14-13-19(16-8-9-16)22(20)26-18-5-3-2-4-6-18/h2-6,13-17H,7-12H2,1H3. The van der Waals surface area contributed by atoms with Gasteiger partial charge in [-0.1, -0.05) is 24.3 Å². The van der Waals surface area contributed by atoms with Crippen molar-refractivity contribution in [2.45, 2.75) is 57.4 Å². The van der Waals surface area contributed by atoms with Crippen molar-refractivity contribution in [3.05, 3.63) is 53.6 Å². The van der Waals surface area contributed by atoms with Crippen LogP contribution in [-0.2, 0) is 11.2 Å². The van der Waals surface area contributed by atoms with Crippen LogP contribution in [0.1, 0.15) is 56.1 Å². The average Bonchev–Trinajstić information content (AvgIpc) is 3.55. The number of hydrogen-bond donors (Lipinski definition) is 0. The van der Waals surface area contributed by atoms with E-state index in [4.69, 9.17) is 4.74 Å². The summed E-state index contributed by atoms with van der Waals surface area (Å²) in [5.74, 6) is 3.05. The van der Waals surface area contributed by atoms with E-state index < -0.39 is 0 Å². The van der Waals surface area contributed by atoms with E-state index in [0.717, 1.165) is 42.9 Å². The van der Waals surface area contributed by atoms with Gasteiger partial charge in [-0.15, -0.1) is 0 Å². The Morgan fingerprint density at radius 1 is 1.00 bits per heavy atom. The maximum absolute atomic E-state index is 12.9. The summed E-state index contributed by atoms with van der Waals surface area (Å²) in [4.78, 5) is 15.0. The van der Waals surface area contributed by atoms with E-state index in [0.29, 0.717) is 11.8 Å². The van der Waals surface area contributed by atoms with E-state index in [9.17, 15) is 4.79 Å². The minimum absolute atomic E-state index is 0.241. The number of nitrogens with zero attached hydrogens (tertiary/aromatic N) is 1. The Morgan fingerprint density at radius 3 is 2.46 bits per heavy atom. The third-order valence-corrected chi connectivity index (χ3v) is 5.92. The molecule has 0 aromatic heterocycles. The van der Waals surface area contributed by atoms with Gasteiger partial charge in [0.25, 0.3) is 0 Å². The van der Waals surface area contributed by atoms with Crippen LogP contribution >= 0.6 is 0 Å². The first-order valence-electron chi connectivity index (χ1n) is 9.94. The van der Waals surface area contributed by atoms with Gasteiger partial charge in [-0.3, -0.25) is 4.79 Å². The van der Waals surface area contributed by atoms with Crippen molar-refractivity contribution in [2.75, 3.05) is 4.90 Å². The average molecular weight is 347 g/mol. The molecule has 0 spiro atoms. The molecule has 1 atom stereocenters. The fourth-order valence-corrected chi connectivity index (χ4v) is 4.13. The second-order valence-corrected chi connectivity index (χ2v) is 8.04. The number of ether oxygens (including phenoxy) is 1. The Kier molecular flexibility index (Phi) is 3.77. The monoisotopic (exact) mass is 347 g/mol. The molecule has 3 heteroatoms. The summed E-state index contributed by atoms with van der Waals surface area (Å²) in [6.07, 6.45) is 6.56. The van der Waals surface area contributed by atoms with Crippen LogP contribution in [0.25, 0.3) is 0 Å². The smallest absolute Gasteiger partial charge is 0.230 e. The molecule has 1 unspecified atom stereocenters. The molecular formula is C23H25NO2. The second kappa shape index (κ2) is 6.15. The van der Waals surface area contributed by atoms with E-state index >= 15 is 0 Å². The summed E-state index contributed by atoms with van der Waals surface area (Å²) in [5, 5.41) is 0. The molecule has 0 radical (unpaired) electrons. The second-order valence-electron chi connectivity index (χ2n) is 8.04. The lowest BCUT2D eigenvalue weighted by molar-refractivity contribution is -0.120. The predicted molar refractivity (Wildman–Crippen MR) is 103 cm³/mol. The molecule has 0 N–H and O–H groups in total. The molecule has 1 aliphatic heterocycles. The van der Waals surface area contributed by atoms with Gasteiger partial charge in [0.2, 0.25) is 5.91 Å². The maximum atomic E-state index is 12.9. The van der Waals surface area contributed by atoms with E-state index in [1.165, 1.54) is 24.0 Å². The van der Waals surface area contributed by atoms with Crippen LogP contribution in [0.5, 0.6) is 11.5 Å². The third kappa shape index (κ3) is 2.80. The number of benzene rings is 2. The summed E-state index contributed by atoms with van der Waals surface area (Å²) < 4.78 is 6.41. The summed E-state index contributed by atoms with van der Waals surface area (Å²) in [5.41, 5.74) is 3.63. The first-order chi connectivity index (χ1) is 12.7. The van der Waals surface area contributed by atoms with Crippen LogP contribution in [0.15, 0.2) is 42.5 Å². The lowest BCUT2D eigenvalue weighted by Gasteiger charge is -2.37. The van der Waals surface area contributed by atoms with E-state index in [1.807, 2.05) is 30.3 Å². The Bertz CT molecular complexity index is 837. The molecule has 2 saturated carbocycles. The normalized spacial score (nSPS) is 22.0.